The van der Waals surface area contributed by atoms with Gasteiger partial charge in [-0.1, -0.05) is 108 Å². The van der Waals surface area contributed by atoms with Crippen LogP contribution in [-0.4, -0.2) is 23.6 Å². The molecule has 4 nitrogen and oxygen atoms in total. The first-order valence-corrected chi connectivity index (χ1v) is 10.8. The Bertz CT molecular complexity index is 351. The molecule has 0 spiro atoms. The SMILES string of the molecule is CCCCCCCCCCCCCCCCCCN(F)C(=O)NC(C)=O. The summed E-state index contributed by atoms with van der Waals surface area (Å²) in [5, 5.41) is 2.01. The summed E-state index contributed by atoms with van der Waals surface area (Å²) in [7, 11) is 0. The van der Waals surface area contributed by atoms with E-state index in [1.54, 1.807) is 0 Å². The van der Waals surface area contributed by atoms with E-state index in [1.807, 2.05) is 5.32 Å². The largest absolute Gasteiger partial charge is 0.352 e. The van der Waals surface area contributed by atoms with Gasteiger partial charge in [0.05, 0.1) is 6.54 Å². The van der Waals surface area contributed by atoms with Crippen molar-refractivity contribution in [2.75, 3.05) is 6.54 Å². The van der Waals surface area contributed by atoms with Gasteiger partial charge in [0, 0.05) is 6.92 Å². The Hall–Kier alpha value is -1.13. The average Bonchev–Trinajstić information content (AvgIpc) is 2.60. The number of nitrogens with one attached hydrogen (secondary N) is 1. The second-order valence-corrected chi connectivity index (χ2v) is 7.38. The number of imide groups is 1. The minimum absolute atomic E-state index is 0.0531. The van der Waals surface area contributed by atoms with Gasteiger partial charge >= 0.3 is 6.03 Å². The first kappa shape index (κ1) is 24.9. The van der Waals surface area contributed by atoms with Crippen LogP contribution in [0.15, 0.2) is 0 Å². The quantitative estimate of drug-likeness (QED) is 0.228. The number of carbonyl (C=O) groups is 2. The first-order chi connectivity index (χ1) is 12.6. The van der Waals surface area contributed by atoms with Crippen LogP contribution in [0.25, 0.3) is 0 Å². The van der Waals surface area contributed by atoms with E-state index in [-0.39, 0.29) is 11.7 Å². The fourth-order valence-corrected chi connectivity index (χ4v) is 3.11. The normalized spacial score (nSPS) is 10.7. The molecule has 0 saturated heterocycles. The number of amides is 3. The molecule has 0 radical (unpaired) electrons. The fraction of sp³-hybridized carbons (Fsp3) is 0.905. The highest BCUT2D eigenvalue weighted by molar-refractivity contribution is 5.92. The number of carbonyl (C=O) groups excluding carboxylic acids is 2. The molecule has 3 amide bonds. The van der Waals surface area contributed by atoms with E-state index in [1.165, 1.54) is 90.4 Å². The summed E-state index contributed by atoms with van der Waals surface area (Å²) in [6, 6.07) is -0.960. The first-order valence-electron chi connectivity index (χ1n) is 10.8. The molecule has 0 fully saturated rings. The maximum Gasteiger partial charge on any atom is 0.352 e. The van der Waals surface area contributed by atoms with Crippen molar-refractivity contribution in [1.29, 1.82) is 0 Å². The third-order valence-electron chi connectivity index (χ3n) is 4.71. The van der Waals surface area contributed by atoms with E-state index in [0.29, 0.717) is 6.42 Å². The van der Waals surface area contributed by atoms with Gasteiger partial charge in [-0.05, 0) is 6.42 Å². The van der Waals surface area contributed by atoms with Crippen molar-refractivity contribution < 1.29 is 14.1 Å². The van der Waals surface area contributed by atoms with Crippen molar-refractivity contribution in [2.24, 2.45) is 0 Å². The molecule has 0 aromatic heterocycles. The maximum atomic E-state index is 13.3. The molecule has 0 bridgehead atoms. The molecule has 1 N–H and O–H groups in total. The Morgan fingerprint density at radius 3 is 1.38 bits per heavy atom. The van der Waals surface area contributed by atoms with Gasteiger partial charge in [-0.25, -0.2) is 4.79 Å². The molecule has 0 atom stereocenters. The second kappa shape index (κ2) is 18.7. The third kappa shape index (κ3) is 17.7. The van der Waals surface area contributed by atoms with E-state index in [0.717, 1.165) is 12.8 Å². The van der Waals surface area contributed by atoms with Crippen LogP contribution in [-0.2, 0) is 4.79 Å². The summed E-state index contributed by atoms with van der Waals surface area (Å²) in [5.41, 5.74) is 0. The average molecular weight is 373 g/mol. The number of hydrogen-bond acceptors (Lipinski definition) is 2. The number of hydrogen-bond donors (Lipinski definition) is 1. The minimum Gasteiger partial charge on any atom is -0.276 e. The van der Waals surface area contributed by atoms with Crippen LogP contribution >= 0.6 is 0 Å². The Labute approximate surface area is 160 Å². The number of unbranched alkanes of at least 4 members (excludes halogenated alkanes) is 15. The molecule has 0 rings (SSSR count). The monoisotopic (exact) mass is 372 g/mol. The lowest BCUT2D eigenvalue weighted by Crippen LogP contribution is -2.37. The maximum absolute atomic E-state index is 13.3. The highest BCUT2D eigenvalue weighted by Gasteiger charge is 2.12. The highest BCUT2D eigenvalue weighted by atomic mass is 19.2. The summed E-state index contributed by atoms with van der Waals surface area (Å²) in [6.07, 6.45) is 20.2. The van der Waals surface area contributed by atoms with E-state index < -0.39 is 11.9 Å². The molecule has 0 aliphatic carbocycles. The predicted octanol–water partition coefficient (Wildman–Crippen LogP) is 6.69. The Morgan fingerprint density at radius 1 is 0.692 bits per heavy atom. The molecule has 5 heteroatoms. The third-order valence-corrected chi connectivity index (χ3v) is 4.71. The standard InChI is InChI=1S/C21H41FN2O2/c1-3-4-5-6-7-8-9-10-11-12-13-14-15-16-17-18-19-24(22)21(26)23-20(2)25/h3-19H2,1-2H3,(H,23,25,26). The van der Waals surface area contributed by atoms with Gasteiger partial charge in [-0.15, -0.1) is 0 Å². The molecule has 0 aromatic carbocycles. The van der Waals surface area contributed by atoms with Gasteiger partial charge in [-0.3, -0.25) is 10.1 Å². The van der Waals surface area contributed by atoms with E-state index in [2.05, 4.69) is 6.92 Å². The lowest BCUT2D eigenvalue weighted by atomic mass is 10.0. The zero-order valence-electron chi connectivity index (χ0n) is 17.2. The topological polar surface area (TPSA) is 49.4 Å². The van der Waals surface area contributed by atoms with Crippen LogP contribution in [0.5, 0.6) is 0 Å². The molecule has 154 valence electrons. The molecule has 0 aliphatic rings. The van der Waals surface area contributed by atoms with Crippen LogP contribution in [0.3, 0.4) is 0 Å². The molecule has 0 saturated carbocycles. The van der Waals surface area contributed by atoms with Gasteiger partial charge < -0.3 is 0 Å². The van der Waals surface area contributed by atoms with Crippen molar-refractivity contribution in [3.63, 3.8) is 0 Å². The molecule has 26 heavy (non-hydrogen) atoms. The van der Waals surface area contributed by atoms with Crippen molar-refractivity contribution in [3.8, 4) is 0 Å². The van der Waals surface area contributed by atoms with Gasteiger partial charge in [0.25, 0.3) is 0 Å². The molecule has 0 aromatic rings. The zero-order valence-corrected chi connectivity index (χ0v) is 17.2. The lowest BCUT2D eigenvalue weighted by molar-refractivity contribution is -0.118. The number of urea groups is 1. The minimum atomic E-state index is -0.960. The van der Waals surface area contributed by atoms with Gasteiger partial charge in [0.1, 0.15) is 0 Å². The van der Waals surface area contributed by atoms with E-state index >= 15 is 0 Å². The van der Waals surface area contributed by atoms with Crippen molar-refractivity contribution in [1.82, 2.24) is 10.4 Å². The molecule has 0 aliphatic heterocycles. The van der Waals surface area contributed by atoms with Gasteiger partial charge in [0.2, 0.25) is 5.91 Å². The lowest BCUT2D eigenvalue weighted by Gasteiger charge is -2.11. The second-order valence-electron chi connectivity index (χ2n) is 7.38. The molecule has 0 unspecified atom stereocenters. The van der Waals surface area contributed by atoms with Crippen molar-refractivity contribution in [3.05, 3.63) is 0 Å². The van der Waals surface area contributed by atoms with Crippen molar-refractivity contribution in [2.45, 2.75) is 117 Å². The number of halogens is 1. The summed E-state index contributed by atoms with van der Waals surface area (Å²) < 4.78 is 13.3. The van der Waals surface area contributed by atoms with E-state index in [9.17, 15) is 14.1 Å². The Balaban J connectivity index is 3.20. The van der Waals surface area contributed by atoms with Crippen LogP contribution < -0.4 is 5.32 Å². The summed E-state index contributed by atoms with van der Waals surface area (Å²) >= 11 is 0. The van der Waals surface area contributed by atoms with Gasteiger partial charge in [0.15, 0.2) is 0 Å². The summed E-state index contributed by atoms with van der Waals surface area (Å²) in [5.74, 6) is -0.537. The smallest absolute Gasteiger partial charge is 0.276 e. The number of nitrogens with zero attached hydrogens (tertiary/aromatic N) is 1. The highest BCUT2D eigenvalue weighted by Crippen LogP contribution is 2.13. The molecular formula is C21H41FN2O2. The van der Waals surface area contributed by atoms with Crippen LogP contribution in [0.4, 0.5) is 9.28 Å². The summed E-state index contributed by atoms with van der Waals surface area (Å²) in [4.78, 5) is 21.8. The van der Waals surface area contributed by atoms with E-state index in [4.69, 9.17) is 0 Å². The molecular weight excluding hydrogens is 331 g/mol. The zero-order chi connectivity index (χ0) is 19.5. The van der Waals surface area contributed by atoms with Crippen LogP contribution in [0, 0.1) is 0 Å². The molecule has 0 heterocycles. The van der Waals surface area contributed by atoms with Crippen molar-refractivity contribution >= 4 is 11.9 Å². The summed E-state index contributed by atoms with van der Waals surface area (Å²) in [6.45, 7) is 3.51. The van der Waals surface area contributed by atoms with Crippen LogP contribution in [0.1, 0.15) is 117 Å². The van der Waals surface area contributed by atoms with Gasteiger partial charge in [-0.2, -0.15) is 5.12 Å². The Morgan fingerprint density at radius 2 is 1.04 bits per heavy atom. The number of rotatable bonds is 17. The fourth-order valence-electron chi connectivity index (χ4n) is 3.11. The Kier molecular flexibility index (Phi) is 17.8. The van der Waals surface area contributed by atoms with Crippen LogP contribution in [0.2, 0.25) is 0 Å². The predicted molar refractivity (Wildman–Crippen MR) is 107 cm³/mol.